The van der Waals surface area contributed by atoms with Crippen LogP contribution in [0.2, 0.25) is 0 Å². The number of allylic oxidation sites excluding steroid dienone is 3. The molecule has 0 saturated heterocycles. The number of hydrogen-bond donors (Lipinski definition) is 2. The van der Waals surface area contributed by atoms with Crippen molar-refractivity contribution < 1.29 is 14.7 Å². The molecule has 1 aromatic carbocycles. The van der Waals surface area contributed by atoms with Crippen molar-refractivity contribution in [2.75, 3.05) is 0 Å². The van der Waals surface area contributed by atoms with Gasteiger partial charge in [0.2, 0.25) is 0 Å². The summed E-state index contributed by atoms with van der Waals surface area (Å²) in [5.41, 5.74) is 6.24. The predicted molar refractivity (Wildman–Crippen MR) is 122 cm³/mol. The largest absolute Gasteiger partial charge is 0.507 e. The fourth-order valence-electron chi connectivity index (χ4n) is 4.84. The molecular weight excluding hydrogens is 374 g/mol. The third-order valence-electron chi connectivity index (χ3n) is 6.45. The highest BCUT2D eigenvalue weighted by Gasteiger charge is 2.33. The Bertz CT molecular complexity index is 948. The van der Waals surface area contributed by atoms with E-state index in [4.69, 9.17) is 4.52 Å². The van der Waals surface area contributed by atoms with E-state index in [0.29, 0.717) is 11.3 Å². The van der Waals surface area contributed by atoms with Gasteiger partial charge in [0, 0.05) is 17.0 Å². The summed E-state index contributed by atoms with van der Waals surface area (Å²) in [6.45, 7) is 14.3. The van der Waals surface area contributed by atoms with Gasteiger partial charge in [0.05, 0.1) is 11.3 Å². The van der Waals surface area contributed by atoms with Crippen molar-refractivity contribution in [2.45, 2.75) is 79.1 Å². The molecule has 0 amide bonds. The standard InChI is InChI=1S/C26H35NO3/c1-7-8-9-10-19-14-22(28)25(21-13-16(4)11-12-20(21)15(2)3)26(29)24(19)23-17(5)27-30-18(23)6/h13-14,20-21,28-29H,2,7-12H2,1,3-6H3/t20-,21+/m0/s1. The fourth-order valence-corrected chi connectivity index (χ4v) is 4.84. The number of rotatable bonds is 7. The van der Waals surface area contributed by atoms with Crippen molar-refractivity contribution in [1.29, 1.82) is 0 Å². The number of aromatic nitrogens is 1. The molecule has 0 spiro atoms. The first-order valence-corrected chi connectivity index (χ1v) is 11.1. The molecule has 0 saturated carbocycles. The lowest BCUT2D eigenvalue weighted by Crippen LogP contribution is -2.17. The smallest absolute Gasteiger partial charge is 0.141 e. The summed E-state index contributed by atoms with van der Waals surface area (Å²) >= 11 is 0. The second-order valence-corrected chi connectivity index (χ2v) is 8.88. The number of unbranched alkanes of at least 4 members (excludes halogenated alkanes) is 2. The average molecular weight is 410 g/mol. The second kappa shape index (κ2) is 9.11. The number of hydrogen-bond acceptors (Lipinski definition) is 4. The zero-order chi connectivity index (χ0) is 22.0. The fraction of sp³-hybridized carbons (Fsp3) is 0.500. The van der Waals surface area contributed by atoms with E-state index in [2.05, 4.69) is 31.7 Å². The molecule has 0 radical (unpaired) electrons. The van der Waals surface area contributed by atoms with E-state index in [-0.39, 0.29) is 23.3 Å². The van der Waals surface area contributed by atoms with Gasteiger partial charge in [0.25, 0.3) is 0 Å². The Morgan fingerprint density at radius 3 is 2.53 bits per heavy atom. The van der Waals surface area contributed by atoms with E-state index in [9.17, 15) is 10.2 Å². The number of aryl methyl sites for hydroxylation is 3. The molecule has 1 aliphatic carbocycles. The maximum atomic E-state index is 11.6. The van der Waals surface area contributed by atoms with Crippen LogP contribution < -0.4 is 0 Å². The number of nitrogens with zero attached hydrogens (tertiary/aromatic N) is 1. The number of benzene rings is 1. The number of aromatic hydroxyl groups is 2. The Kier molecular flexibility index (Phi) is 6.74. The summed E-state index contributed by atoms with van der Waals surface area (Å²) in [5, 5.41) is 26.8. The lowest BCUT2D eigenvalue weighted by molar-refractivity contribution is 0.393. The first kappa shape index (κ1) is 22.2. The normalized spacial score (nSPS) is 19.0. The molecule has 4 nitrogen and oxygen atoms in total. The summed E-state index contributed by atoms with van der Waals surface area (Å²) in [5.74, 6) is 1.09. The highest BCUT2D eigenvalue weighted by molar-refractivity contribution is 5.80. The van der Waals surface area contributed by atoms with E-state index in [1.165, 1.54) is 5.57 Å². The highest BCUT2D eigenvalue weighted by Crippen LogP contribution is 2.51. The summed E-state index contributed by atoms with van der Waals surface area (Å²) in [4.78, 5) is 0. The van der Waals surface area contributed by atoms with Crippen LogP contribution in [-0.2, 0) is 6.42 Å². The lowest BCUT2D eigenvalue weighted by Gasteiger charge is -2.32. The van der Waals surface area contributed by atoms with Crippen LogP contribution in [0.15, 0.2) is 34.4 Å². The molecule has 30 heavy (non-hydrogen) atoms. The minimum absolute atomic E-state index is 0.0971. The van der Waals surface area contributed by atoms with E-state index < -0.39 is 0 Å². The summed E-state index contributed by atoms with van der Waals surface area (Å²) < 4.78 is 5.43. The minimum Gasteiger partial charge on any atom is -0.507 e. The quantitative estimate of drug-likeness (QED) is 0.377. The molecular formula is C26H35NO3. The van der Waals surface area contributed by atoms with Crippen LogP contribution >= 0.6 is 0 Å². The van der Waals surface area contributed by atoms with E-state index in [0.717, 1.165) is 66.5 Å². The number of phenols is 2. The van der Waals surface area contributed by atoms with Crippen molar-refractivity contribution in [1.82, 2.24) is 5.16 Å². The van der Waals surface area contributed by atoms with Crippen LogP contribution in [0.3, 0.4) is 0 Å². The van der Waals surface area contributed by atoms with Gasteiger partial charge in [0.15, 0.2) is 0 Å². The molecule has 1 heterocycles. The zero-order valence-corrected chi connectivity index (χ0v) is 19.0. The predicted octanol–water partition coefficient (Wildman–Crippen LogP) is 7.12. The van der Waals surface area contributed by atoms with Crippen LogP contribution in [0.4, 0.5) is 0 Å². The molecule has 2 N–H and O–H groups in total. The van der Waals surface area contributed by atoms with Crippen LogP contribution in [0.5, 0.6) is 11.5 Å². The van der Waals surface area contributed by atoms with Gasteiger partial charge in [0.1, 0.15) is 17.3 Å². The van der Waals surface area contributed by atoms with Gasteiger partial charge in [-0.3, -0.25) is 0 Å². The van der Waals surface area contributed by atoms with Gasteiger partial charge in [-0.2, -0.15) is 0 Å². The lowest BCUT2D eigenvalue weighted by atomic mass is 9.73. The molecule has 4 heteroatoms. The van der Waals surface area contributed by atoms with Crippen molar-refractivity contribution in [3.05, 3.63) is 52.4 Å². The molecule has 0 aliphatic heterocycles. The van der Waals surface area contributed by atoms with Crippen LogP contribution in [-0.4, -0.2) is 15.4 Å². The summed E-state index contributed by atoms with van der Waals surface area (Å²) in [7, 11) is 0. The van der Waals surface area contributed by atoms with Gasteiger partial charge >= 0.3 is 0 Å². The minimum atomic E-state index is -0.0971. The van der Waals surface area contributed by atoms with Crippen LogP contribution in [0.25, 0.3) is 11.1 Å². The zero-order valence-electron chi connectivity index (χ0n) is 19.0. The van der Waals surface area contributed by atoms with Gasteiger partial charge in [-0.25, -0.2) is 0 Å². The maximum absolute atomic E-state index is 11.6. The summed E-state index contributed by atoms with van der Waals surface area (Å²) in [6, 6.07) is 1.85. The number of phenolic OH excluding ortho intramolecular Hbond substituents is 2. The molecule has 2 atom stereocenters. The van der Waals surface area contributed by atoms with Gasteiger partial charge in [-0.05, 0) is 70.9 Å². The third kappa shape index (κ3) is 4.19. The van der Waals surface area contributed by atoms with Gasteiger partial charge < -0.3 is 14.7 Å². The molecule has 162 valence electrons. The monoisotopic (exact) mass is 409 g/mol. The molecule has 1 aromatic heterocycles. The Labute approximate surface area is 180 Å². The van der Waals surface area contributed by atoms with Crippen LogP contribution in [0, 0.1) is 19.8 Å². The highest BCUT2D eigenvalue weighted by atomic mass is 16.5. The first-order valence-electron chi connectivity index (χ1n) is 11.1. The van der Waals surface area contributed by atoms with Crippen molar-refractivity contribution >= 4 is 0 Å². The molecule has 0 unspecified atom stereocenters. The topological polar surface area (TPSA) is 66.5 Å². The Hall–Kier alpha value is -2.49. The Morgan fingerprint density at radius 2 is 1.93 bits per heavy atom. The molecule has 1 aliphatic rings. The van der Waals surface area contributed by atoms with E-state index in [1.807, 2.05) is 26.8 Å². The summed E-state index contributed by atoms with van der Waals surface area (Å²) in [6.07, 6.45) is 8.18. The Morgan fingerprint density at radius 1 is 1.20 bits per heavy atom. The van der Waals surface area contributed by atoms with E-state index in [1.54, 1.807) is 0 Å². The average Bonchev–Trinajstić information content (AvgIpc) is 3.00. The molecule has 2 aromatic rings. The first-order chi connectivity index (χ1) is 14.3. The molecule has 0 fully saturated rings. The third-order valence-corrected chi connectivity index (χ3v) is 6.45. The van der Waals surface area contributed by atoms with Crippen molar-refractivity contribution in [2.24, 2.45) is 5.92 Å². The van der Waals surface area contributed by atoms with Crippen molar-refractivity contribution in [3.63, 3.8) is 0 Å². The molecule has 0 bridgehead atoms. The van der Waals surface area contributed by atoms with Crippen molar-refractivity contribution in [3.8, 4) is 22.6 Å². The maximum Gasteiger partial charge on any atom is 0.141 e. The molecule has 3 rings (SSSR count). The van der Waals surface area contributed by atoms with Crippen LogP contribution in [0.1, 0.15) is 81.4 Å². The SMILES string of the molecule is C=C(C)[C@@H]1CCC(C)=C[C@H]1c1c(O)cc(CCCCC)c(-c2c(C)noc2C)c1O. The van der Waals surface area contributed by atoms with Gasteiger partial charge in [-0.15, -0.1) is 0 Å². The Balaban J connectivity index is 2.24. The van der Waals surface area contributed by atoms with Gasteiger partial charge in [-0.1, -0.05) is 48.7 Å². The second-order valence-electron chi connectivity index (χ2n) is 8.88. The van der Waals surface area contributed by atoms with E-state index >= 15 is 0 Å².